The summed E-state index contributed by atoms with van der Waals surface area (Å²) in [5.41, 5.74) is 3.48. The quantitative estimate of drug-likeness (QED) is 0.217. The van der Waals surface area contributed by atoms with E-state index in [1.54, 1.807) is 19.2 Å². The molecule has 3 rings (SSSR count). The summed E-state index contributed by atoms with van der Waals surface area (Å²) >= 11 is 0. The number of amides is 1. The predicted molar refractivity (Wildman–Crippen MR) is 128 cm³/mol. The van der Waals surface area contributed by atoms with Crippen LogP contribution in [0.2, 0.25) is 0 Å². The fourth-order valence-corrected chi connectivity index (χ4v) is 3.84. The Morgan fingerprint density at radius 1 is 1.00 bits per heavy atom. The first-order valence-corrected chi connectivity index (χ1v) is 11.0. The number of carbonyl (C=O) groups is 2. The second-order valence-electron chi connectivity index (χ2n) is 7.91. The lowest BCUT2D eigenvalue weighted by Crippen LogP contribution is -2.48. The first-order chi connectivity index (χ1) is 15.6. The van der Waals surface area contributed by atoms with Crippen LogP contribution in [0.1, 0.15) is 17.3 Å². The maximum absolute atomic E-state index is 13.1. The molecular formula is C25H32N4O3. The molecule has 3 N–H and O–H groups in total. The summed E-state index contributed by atoms with van der Waals surface area (Å²) in [5.74, 6) is -0.128. The van der Waals surface area contributed by atoms with Crippen LogP contribution in [-0.2, 0) is 4.79 Å². The average molecular weight is 437 g/mol. The molecule has 0 aliphatic carbocycles. The summed E-state index contributed by atoms with van der Waals surface area (Å²) in [6.45, 7) is 8.27. The molecule has 1 saturated heterocycles. The number of Topliss-reactive ketones (excluding diaryl/α,β-unsaturated/α-hetero) is 1. The zero-order valence-corrected chi connectivity index (χ0v) is 18.6. The van der Waals surface area contributed by atoms with Crippen molar-refractivity contribution in [1.82, 2.24) is 15.1 Å². The molecule has 1 heterocycles. The predicted octanol–water partition coefficient (Wildman–Crippen LogP) is 2.21. The van der Waals surface area contributed by atoms with Gasteiger partial charge in [-0.2, -0.15) is 0 Å². The first kappa shape index (κ1) is 23.7. The molecule has 0 atom stereocenters. The van der Waals surface area contributed by atoms with Gasteiger partial charge in [0.2, 0.25) is 6.41 Å². The van der Waals surface area contributed by atoms with Crippen LogP contribution in [0, 0.1) is 0 Å². The van der Waals surface area contributed by atoms with Crippen molar-refractivity contribution in [3.63, 3.8) is 0 Å². The van der Waals surface area contributed by atoms with Gasteiger partial charge in [-0.15, -0.1) is 0 Å². The van der Waals surface area contributed by atoms with Gasteiger partial charge in [0.25, 0.3) is 0 Å². The lowest BCUT2D eigenvalue weighted by molar-refractivity contribution is -0.105. The molecule has 1 amide bonds. The number of ketones is 1. The number of anilines is 1. The molecule has 7 nitrogen and oxygen atoms in total. The minimum atomic E-state index is -0.128. The molecule has 1 aliphatic heterocycles. The molecular weight excluding hydrogens is 404 g/mol. The fourth-order valence-electron chi connectivity index (χ4n) is 3.84. The lowest BCUT2D eigenvalue weighted by Gasteiger charge is -2.34. The molecule has 0 saturated carbocycles. The standard InChI is InChI=1S/C25H32N4O3/c1-20(18-26-9-10-28-11-13-29(14-12-28)15-16-30)25(32)23-17-22(7-8-24(23)27-19-31)21-5-3-2-4-6-21/h2-8,17-19,26,30H,9-16H2,1H3,(H,27,31)/b20-18+. The number of piperazine rings is 1. The Hall–Kier alpha value is -3.00. The van der Waals surface area contributed by atoms with Gasteiger partial charge in [0, 0.05) is 63.1 Å². The van der Waals surface area contributed by atoms with Crippen LogP contribution >= 0.6 is 0 Å². The molecule has 2 aromatic rings. The van der Waals surface area contributed by atoms with Gasteiger partial charge >= 0.3 is 0 Å². The number of hydrogen-bond donors (Lipinski definition) is 3. The normalized spacial score (nSPS) is 15.4. The van der Waals surface area contributed by atoms with Gasteiger partial charge in [-0.25, -0.2) is 0 Å². The summed E-state index contributed by atoms with van der Waals surface area (Å²) < 4.78 is 0. The SMILES string of the molecule is C/C(=C\NCCN1CCN(CCO)CC1)C(=O)c1cc(-c2ccccc2)ccc1NC=O. The largest absolute Gasteiger partial charge is 0.395 e. The molecule has 7 heteroatoms. The van der Waals surface area contributed by atoms with Crippen LogP contribution in [0.5, 0.6) is 0 Å². The van der Waals surface area contributed by atoms with Crippen molar-refractivity contribution in [2.45, 2.75) is 6.92 Å². The van der Waals surface area contributed by atoms with E-state index in [1.165, 1.54) is 0 Å². The Labute approximate surface area is 189 Å². The topological polar surface area (TPSA) is 84.9 Å². The van der Waals surface area contributed by atoms with E-state index in [-0.39, 0.29) is 12.4 Å². The third-order valence-corrected chi connectivity index (χ3v) is 5.72. The number of aliphatic hydroxyl groups excluding tert-OH is 1. The summed E-state index contributed by atoms with van der Waals surface area (Å²) in [7, 11) is 0. The maximum atomic E-state index is 13.1. The van der Waals surface area contributed by atoms with Crippen molar-refractivity contribution in [3.8, 4) is 11.1 Å². The van der Waals surface area contributed by atoms with Crippen LogP contribution in [0.3, 0.4) is 0 Å². The Kier molecular flexibility index (Phi) is 8.98. The summed E-state index contributed by atoms with van der Waals surface area (Å²) in [6, 6.07) is 15.3. The van der Waals surface area contributed by atoms with Crippen molar-refractivity contribution >= 4 is 17.9 Å². The number of β-amino-alcohol motifs (C(OH)–C–C–N with tert-alkyl or cyclic N) is 1. The Morgan fingerprint density at radius 2 is 1.69 bits per heavy atom. The molecule has 1 aliphatic rings. The number of aliphatic hydroxyl groups is 1. The van der Waals surface area contributed by atoms with E-state index in [0.29, 0.717) is 23.2 Å². The molecule has 170 valence electrons. The number of nitrogens with zero attached hydrogens (tertiary/aromatic N) is 2. The maximum Gasteiger partial charge on any atom is 0.211 e. The minimum absolute atomic E-state index is 0.128. The molecule has 0 bridgehead atoms. The van der Waals surface area contributed by atoms with Crippen molar-refractivity contribution in [1.29, 1.82) is 0 Å². The Morgan fingerprint density at radius 3 is 2.34 bits per heavy atom. The second kappa shape index (κ2) is 12.1. The Balaban J connectivity index is 1.60. The number of allylic oxidation sites excluding steroid dienone is 1. The van der Waals surface area contributed by atoms with Crippen molar-refractivity contribution in [2.24, 2.45) is 0 Å². The molecule has 0 radical (unpaired) electrons. The second-order valence-corrected chi connectivity index (χ2v) is 7.91. The minimum Gasteiger partial charge on any atom is -0.395 e. The summed E-state index contributed by atoms with van der Waals surface area (Å²) in [4.78, 5) is 28.8. The molecule has 1 fully saturated rings. The van der Waals surface area contributed by atoms with Crippen LogP contribution < -0.4 is 10.6 Å². The van der Waals surface area contributed by atoms with E-state index < -0.39 is 0 Å². The summed E-state index contributed by atoms with van der Waals surface area (Å²) in [6.07, 6.45) is 2.34. The van der Waals surface area contributed by atoms with E-state index in [9.17, 15) is 9.59 Å². The van der Waals surface area contributed by atoms with Crippen LogP contribution in [0.4, 0.5) is 5.69 Å². The van der Waals surface area contributed by atoms with E-state index >= 15 is 0 Å². The zero-order chi connectivity index (χ0) is 22.8. The highest BCUT2D eigenvalue weighted by Gasteiger charge is 2.16. The summed E-state index contributed by atoms with van der Waals surface area (Å²) in [5, 5.41) is 14.9. The van der Waals surface area contributed by atoms with Gasteiger partial charge in [0.1, 0.15) is 0 Å². The van der Waals surface area contributed by atoms with E-state index in [4.69, 9.17) is 5.11 Å². The third kappa shape index (κ3) is 6.50. The van der Waals surface area contributed by atoms with Crippen LogP contribution in [0.15, 0.2) is 60.3 Å². The van der Waals surface area contributed by atoms with E-state index in [2.05, 4.69) is 20.4 Å². The van der Waals surface area contributed by atoms with Gasteiger partial charge in [-0.3, -0.25) is 19.4 Å². The monoisotopic (exact) mass is 436 g/mol. The molecule has 32 heavy (non-hydrogen) atoms. The highest BCUT2D eigenvalue weighted by atomic mass is 16.3. The van der Waals surface area contributed by atoms with Gasteiger partial charge in [-0.1, -0.05) is 36.4 Å². The molecule has 2 aromatic carbocycles. The first-order valence-electron chi connectivity index (χ1n) is 11.0. The van der Waals surface area contributed by atoms with Crippen molar-refractivity contribution < 1.29 is 14.7 Å². The number of carbonyl (C=O) groups excluding carboxylic acids is 2. The molecule has 0 spiro atoms. The molecule has 0 unspecified atom stereocenters. The van der Waals surface area contributed by atoms with Crippen LogP contribution in [-0.4, -0.2) is 79.5 Å². The number of benzene rings is 2. The van der Waals surface area contributed by atoms with E-state index in [1.807, 2.05) is 42.5 Å². The highest BCUT2D eigenvalue weighted by molar-refractivity contribution is 6.13. The van der Waals surface area contributed by atoms with Crippen molar-refractivity contribution in [3.05, 3.63) is 65.9 Å². The van der Waals surface area contributed by atoms with Gasteiger partial charge in [-0.05, 0) is 30.2 Å². The smallest absolute Gasteiger partial charge is 0.211 e. The van der Waals surface area contributed by atoms with E-state index in [0.717, 1.165) is 56.9 Å². The van der Waals surface area contributed by atoms with Gasteiger partial charge in [0.15, 0.2) is 5.78 Å². The number of rotatable bonds is 11. The highest BCUT2D eigenvalue weighted by Crippen LogP contribution is 2.26. The Bertz CT molecular complexity index is 922. The van der Waals surface area contributed by atoms with Crippen molar-refractivity contribution in [2.75, 3.05) is 57.7 Å². The average Bonchev–Trinajstić information content (AvgIpc) is 2.83. The third-order valence-electron chi connectivity index (χ3n) is 5.72. The van der Waals surface area contributed by atoms with Gasteiger partial charge in [0.05, 0.1) is 12.3 Å². The zero-order valence-electron chi connectivity index (χ0n) is 18.6. The van der Waals surface area contributed by atoms with Crippen LogP contribution in [0.25, 0.3) is 11.1 Å². The number of nitrogens with one attached hydrogen (secondary N) is 2. The van der Waals surface area contributed by atoms with Gasteiger partial charge < -0.3 is 15.7 Å². The molecule has 0 aromatic heterocycles. The number of hydrogen-bond acceptors (Lipinski definition) is 6. The lowest BCUT2D eigenvalue weighted by atomic mass is 9.97. The fraction of sp³-hybridized carbons (Fsp3) is 0.360.